The highest BCUT2D eigenvalue weighted by Gasteiger charge is 2.30. The molecule has 0 unspecified atom stereocenters. The Morgan fingerprint density at radius 1 is 1.03 bits per heavy atom. The lowest BCUT2D eigenvalue weighted by atomic mass is 9.87. The highest BCUT2D eigenvalue weighted by Crippen LogP contribution is 2.37. The lowest BCUT2D eigenvalue weighted by molar-refractivity contribution is 0.108. The summed E-state index contributed by atoms with van der Waals surface area (Å²) in [6, 6.07) is 0.670. The van der Waals surface area contributed by atoms with Crippen molar-refractivity contribution in [3.63, 3.8) is 0 Å². The average molecular weight is 483 g/mol. The Balaban J connectivity index is 1.34. The van der Waals surface area contributed by atoms with Gasteiger partial charge in [0.2, 0.25) is 5.95 Å². The maximum Gasteiger partial charge on any atom is 0.224 e. The minimum absolute atomic E-state index is 0.164. The van der Waals surface area contributed by atoms with E-state index in [1.54, 1.807) is 0 Å². The van der Waals surface area contributed by atoms with E-state index >= 15 is 0 Å². The number of nitrogens with zero attached hydrogens (tertiary/aromatic N) is 5. The van der Waals surface area contributed by atoms with Gasteiger partial charge in [0.25, 0.3) is 0 Å². The van der Waals surface area contributed by atoms with E-state index in [1.807, 2.05) is 6.20 Å². The highest BCUT2D eigenvalue weighted by atomic mass is 16.3. The molecule has 3 aliphatic rings. The molecule has 0 aromatic carbocycles. The first kappa shape index (κ1) is 24.9. The van der Waals surface area contributed by atoms with Crippen molar-refractivity contribution in [2.45, 2.75) is 121 Å². The van der Waals surface area contributed by atoms with Gasteiger partial charge in [0, 0.05) is 24.7 Å². The number of nitrogens with one attached hydrogen (secondary N) is 1. The van der Waals surface area contributed by atoms with Crippen LogP contribution in [0.15, 0.2) is 6.20 Å². The zero-order chi connectivity index (χ0) is 24.2. The van der Waals surface area contributed by atoms with Gasteiger partial charge in [0.15, 0.2) is 5.65 Å². The zero-order valence-electron chi connectivity index (χ0n) is 22.0. The minimum Gasteiger partial charge on any atom is -0.393 e. The number of aliphatic hydroxyl groups excluding tert-OH is 1. The summed E-state index contributed by atoms with van der Waals surface area (Å²) in [6.07, 6.45) is 17.2. The van der Waals surface area contributed by atoms with Gasteiger partial charge in [-0.05, 0) is 83.7 Å². The molecule has 0 amide bonds. The second kappa shape index (κ2) is 11.5. The van der Waals surface area contributed by atoms with Crippen molar-refractivity contribution in [3.8, 4) is 0 Å². The van der Waals surface area contributed by atoms with Crippen molar-refractivity contribution in [2.24, 2.45) is 5.92 Å². The quantitative estimate of drug-likeness (QED) is 0.505. The maximum atomic E-state index is 10.1. The summed E-state index contributed by atoms with van der Waals surface area (Å²) in [4.78, 5) is 12.4. The van der Waals surface area contributed by atoms with Gasteiger partial charge in [-0.2, -0.15) is 10.1 Å². The molecule has 0 spiro atoms. The van der Waals surface area contributed by atoms with Crippen LogP contribution >= 0.6 is 0 Å². The molecule has 0 radical (unpaired) electrons. The van der Waals surface area contributed by atoms with Crippen LogP contribution in [0.4, 0.5) is 5.95 Å². The van der Waals surface area contributed by atoms with E-state index in [0.29, 0.717) is 23.9 Å². The molecular formula is C28H46N6O. The number of anilines is 1. The van der Waals surface area contributed by atoms with Crippen LogP contribution < -0.4 is 5.32 Å². The summed E-state index contributed by atoms with van der Waals surface area (Å²) in [5, 5.41) is 19.9. The molecule has 2 aromatic rings. The monoisotopic (exact) mass is 482 g/mol. The fraction of sp³-hybridized carbons (Fsp3) is 0.821. The topological polar surface area (TPSA) is 79.1 Å². The van der Waals surface area contributed by atoms with Gasteiger partial charge in [0.1, 0.15) is 0 Å². The van der Waals surface area contributed by atoms with E-state index in [9.17, 15) is 5.11 Å². The van der Waals surface area contributed by atoms with Crippen LogP contribution in [0, 0.1) is 5.92 Å². The van der Waals surface area contributed by atoms with Gasteiger partial charge in [-0.3, -0.25) is 0 Å². The number of hydrogen-bond acceptors (Lipinski definition) is 6. The van der Waals surface area contributed by atoms with Gasteiger partial charge in [-0.15, -0.1) is 0 Å². The second-order valence-electron chi connectivity index (χ2n) is 11.6. The predicted molar refractivity (Wildman–Crippen MR) is 142 cm³/mol. The summed E-state index contributed by atoms with van der Waals surface area (Å²) in [7, 11) is 0. The molecule has 1 saturated heterocycles. The molecule has 194 valence electrons. The van der Waals surface area contributed by atoms with E-state index in [-0.39, 0.29) is 6.10 Å². The Bertz CT molecular complexity index is 938. The molecule has 35 heavy (non-hydrogen) atoms. The first-order valence-corrected chi connectivity index (χ1v) is 14.5. The SMILES string of the molecule is CCC[C@H](C)Nc1ncc2c(C3CCN(CC4CCCCC4)CC3)nn(C3CCC(O)CC3)c2n1. The Morgan fingerprint density at radius 2 is 1.77 bits per heavy atom. The smallest absolute Gasteiger partial charge is 0.224 e. The maximum absolute atomic E-state index is 10.1. The Labute approximate surface area is 211 Å². The molecule has 2 aliphatic carbocycles. The van der Waals surface area contributed by atoms with Crippen LogP contribution in [0.25, 0.3) is 11.0 Å². The van der Waals surface area contributed by atoms with Gasteiger partial charge in [-0.1, -0.05) is 32.6 Å². The largest absolute Gasteiger partial charge is 0.393 e. The van der Waals surface area contributed by atoms with Crippen LogP contribution in [0.5, 0.6) is 0 Å². The zero-order valence-corrected chi connectivity index (χ0v) is 22.0. The standard InChI is InChI=1S/C28H46N6O/c1-3-7-20(2)30-28-29-18-25-26(32-34(27(25)31-28)23-10-12-24(35)13-11-23)22-14-16-33(17-15-22)19-21-8-5-4-6-9-21/h18,20-24,35H,3-17,19H2,1-2H3,(H,29,30,31)/t20-,23?,24?/m0/s1. The normalized spacial score (nSPS) is 26.3. The van der Waals surface area contributed by atoms with Gasteiger partial charge in [-0.25, -0.2) is 9.67 Å². The molecule has 1 atom stereocenters. The van der Waals surface area contributed by atoms with Crippen molar-refractivity contribution in [1.82, 2.24) is 24.6 Å². The van der Waals surface area contributed by atoms with Gasteiger partial charge < -0.3 is 15.3 Å². The third-order valence-corrected chi connectivity index (χ3v) is 8.80. The van der Waals surface area contributed by atoms with Crippen LogP contribution in [-0.4, -0.2) is 61.5 Å². The van der Waals surface area contributed by atoms with Crippen molar-refractivity contribution < 1.29 is 5.11 Å². The number of piperidine rings is 1. The Kier molecular flexibility index (Phi) is 8.23. The Hall–Kier alpha value is -1.73. The first-order valence-electron chi connectivity index (χ1n) is 14.5. The van der Waals surface area contributed by atoms with Crippen LogP contribution in [0.2, 0.25) is 0 Å². The molecule has 3 fully saturated rings. The van der Waals surface area contributed by atoms with Crippen LogP contribution in [0.3, 0.4) is 0 Å². The van der Waals surface area contributed by atoms with E-state index in [1.165, 1.54) is 70.3 Å². The third-order valence-electron chi connectivity index (χ3n) is 8.80. The van der Waals surface area contributed by atoms with E-state index < -0.39 is 0 Å². The summed E-state index contributed by atoms with van der Waals surface area (Å²) < 4.78 is 2.20. The summed E-state index contributed by atoms with van der Waals surface area (Å²) in [6.45, 7) is 8.06. The number of aromatic nitrogens is 4. The van der Waals surface area contributed by atoms with Crippen molar-refractivity contribution in [2.75, 3.05) is 25.0 Å². The molecule has 2 N–H and O–H groups in total. The van der Waals surface area contributed by atoms with Crippen LogP contribution in [-0.2, 0) is 0 Å². The number of likely N-dealkylation sites (tertiary alicyclic amines) is 1. The molecule has 2 saturated carbocycles. The molecule has 7 nitrogen and oxygen atoms in total. The highest BCUT2D eigenvalue weighted by molar-refractivity contribution is 5.79. The molecule has 2 aromatic heterocycles. The van der Waals surface area contributed by atoms with Gasteiger partial charge >= 0.3 is 0 Å². The Morgan fingerprint density at radius 3 is 2.49 bits per heavy atom. The molecule has 5 rings (SSSR count). The van der Waals surface area contributed by atoms with Crippen molar-refractivity contribution in [3.05, 3.63) is 11.9 Å². The minimum atomic E-state index is -0.164. The first-order chi connectivity index (χ1) is 17.1. The number of hydrogen-bond donors (Lipinski definition) is 2. The van der Waals surface area contributed by atoms with Crippen LogP contribution in [0.1, 0.15) is 115 Å². The second-order valence-corrected chi connectivity index (χ2v) is 11.6. The van der Waals surface area contributed by atoms with Crippen molar-refractivity contribution >= 4 is 17.0 Å². The fourth-order valence-electron chi connectivity index (χ4n) is 6.72. The average Bonchev–Trinajstić information content (AvgIpc) is 3.24. The lowest BCUT2D eigenvalue weighted by Gasteiger charge is -2.35. The lowest BCUT2D eigenvalue weighted by Crippen LogP contribution is -2.37. The van der Waals surface area contributed by atoms with E-state index in [2.05, 4.69) is 28.7 Å². The third kappa shape index (κ3) is 5.99. The molecule has 7 heteroatoms. The molecular weight excluding hydrogens is 436 g/mol. The van der Waals surface area contributed by atoms with Crippen molar-refractivity contribution in [1.29, 1.82) is 0 Å². The fourth-order valence-corrected chi connectivity index (χ4v) is 6.72. The summed E-state index contributed by atoms with van der Waals surface area (Å²) in [5.74, 6) is 2.11. The number of rotatable bonds is 8. The summed E-state index contributed by atoms with van der Waals surface area (Å²) >= 11 is 0. The van der Waals surface area contributed by atoms with E-state index in [4.69, 9.17) is 15.1 Å². The predicted octanol–water partition coefficient (Wildman–Crippen LogP) is 5.66. The number of fused-ring (bicyclic) bond motifs is 1. The molecule has 1 aliphatic heterocycles. The number of aliphatic hydroxyl groups is 1. The molecule has 3 heterocycles. The summed E-state index contributed by atoms with van der Waals surface area (Å²) in [5.41, 5.74) is 2.18. The molecule has 0 bridgehead atoms. The van der Waals surface area contributed by atoms with E-state index in [0.717, 1.165) is 55.5 Å². The van der Waals surface area contributed by atoms with Gasteiger partial charge in [0.05, 0.1) is 23.2 Å².